The van der Waals surface area contributed by atoms with Crippen molar-refractivity contribution in [2.45, 2.75) is 13.3 Å². The predicted octanol–water partition coefficient (Wildman–Crippen LogP) is 1.21. The third-order valence-electron chi connectivity index (χ3n) is 3.14. The number of carbonyl (C=O) groups is 1. The molecule has 0 aromatic heterocycles. The fourth-order valence-corrected chi connectivity index (χ4v) is 2.10. The number of amides is 1. The topological polar surface area (TPSA) is 58.4 Å². The first-order valence-electron chi connectivity index (χ1n) is 5.94. The minimum atomic E-state index is 0.0788. The quantitative estimate of drug-likeness (QED) is 0.822. The highest BCUT2D eigenvalue weighted by Crippen LogP contribution is 2.27. The number of nitrogens with two attached hydrogens (primary N) is 1. The number of hydrogen-bond acceptors (Lipinski definition) is 3. The van der Waals surface area contributed by atoms with E-state index in [-0.39, 0.29) is 5.91 Å². The van der Waals surface area contributed by atoms with Crippen LogP contribution in [0.2, 0.25) is 0 Å². The molecule has 2 rings (SSSR count). The standard InChI is InChI=1S/C13H19N3O/c1-9(7-14)8-16(2)11-3-4-12-10(5-11)6-13(17)15-12/h3-5,9H,6-8,14H2,1-2H3,(H,15,17). The van der Waals surface area contributed by atoms with Crippen LogP contribution in [0.4, 0.5) is 11.4 Å². The van der Waals surface area contributed by atoms with E-state index >= 15 is 0 Å². The largest absolute Gasteiger partial charge is 0.374 e. The summed E-state index contributed by atoms with van der Waals surface area (Å²) in [5, 5.41) is 2.84. The Hall–Kier alpha value is -1.55. The molecule has 1 aliphatic heterocycles. The van der Waals surface area contributed by atoms with Gasteiger partial charge in [-0.1, -0.05) is 6.92 Å². The summed E-state index contributed by atoms with van der Waals surface area (Å²) in [5.41, 5.74) is 8.79. The van der Waals surface area contributed by atoms with Gasteiger partial charge < -0.3 is 16.0 Å². The highest BCUT2D eigenvalue weighted by Gasteiger charge is 2.18. The summed E-state index contributed by atoms with van der Waals surface area (Å²) >= 11 is 0. The molecule has 1 heterocycles. The zero-order valence-electron chi connectivity index (χ0n) is 10.4. The number of nitrogens with one attached hydrogen (secondary N) is 1. The van der Waals surface area contributed by atoms with Crippen molar-refractivity contribution >= 4 is 17.3 Å². The Bertz CT molecular complexity index is 431. The summed E-state index contributed by atoms with van der Waals surface area (Å²) < 4.78 is 0. The van der Waals surface area contributed by atoms with Crippen LogP contribution in [0.3, 0.4) is 0 Å². The number of anilines is 2. The van der Waals surface area contributed by atoms with E-state index in [2.05, 4.69) is 30.3 Å². The van der Waals surface area contributed by atoms with Gasteiger partial charge in [-0.2, -0.15) is 0 Å². The number of hydrogen-bond donors (Lipinski definition) is 2. The van der Waals surface area contributed by atoms with Gasteiger partial charge in [0.05, 0.1) is 6.42 Å². The summed E-state index contributed by atoms with van der Waals surface area (Å²) in [6.07, 6.45) is 0.490. The normalized spacial score (nSPS) is 15.4. The molecule has 0 aliphatic carbocycles. The molecule has 1 aliphatic rings. The summed E-state index contributed by atoms with van der Waals surface area (Å²) in [6, 6.07) is 6.09. The van der Waals surface area contributed by atoms with Gasteiger partial charge in [0.2, 0.25) is 5.91 Å². The summed E-state index contributed by atoms with van der Waals surface area (Å²) in [4.78, 5) is 13.4. The molecule has 4 heteroatoms. The molecule has 92 valence electrons. The lowest BCUT2D eigenvalue weighted by Gasteiger charge is -2.23. The van der Waals surface area contributed by atoms with Crippen molar-refractivity contribution in [3.63, 3.8) is 0 Å². The molecule has 17 heavy (non-hydrogen) atoms. The Labute approximate surface area is 102 Å². The lowest BCUT2D eigenvalue weighted by molar-refractivity contribution is -0.115. The summed E-state index contributed by atoms with van der Waals surface area (Å²) in [6.45, 7) is 3.75. The lowest BCUT2D eigenvalue weighted by atomic mass is 10.1. The molecule has 3 N–H and O–H groups in total. The Kier molecular flexibility index (Phi) is 3.33. The van der Waals surface area contributed by atoms with Gasteiger partial charge in [0.1, 0.15) is 0 Å². The van der Waals surface area contributed by atoms with Gasteiger partial charge >= 0.3 is 0 Å². The van der Waals surface area contributed by atoms with E-state index in [4.69, 9.17) is 5.73 Å². The maximum atomic E-state index is 11.3. The number of fused-ring (bicyclic) bond motifs is 1. The third kappa shape index (κ3) is 2.58. The van der Waals surface area contributed by atoms with Gasteiger partial charge in [0, 0.05) is 25.0 Å². The Balaban J connectivity index is 2.12. The van der Waals surface area contributed by atoms with Crippen molar-refractivity contribution in [1.82, 2.24) is 0 Å². The van der Waals surface area contributed by atoms with Crippen LogP contribution in [0.1, 0.15) is 12.5 Å². The van der Waals surface area contributed by atoms with Crippen molar-refractivity contribution in [2.75, 3.05) is 30.4 Å². The van der Waals surface area contributed by atoms with Crippen LogP contribution in [0.15, 0.2) is 18.2 Å². The first-order chi connectivity index (χ1) is 8.10. The number of benzene rings is 1. The molecular formula is C13H19N3O. The molecule has 0 bridgehead atoms. The fraction of sp³-hybridized carbons (Fsp3) is 0.462. The zero-order chi connectivity index (χ0) is 12.4. The van der Waals surface area contributed by atoms with Gasteiger partial charge in [0.25, 0.3) is 0 Å². The Morgan fingerprint density at radius 3 is 3.00 bits per heavy atom. The highest BCUT2D eigenvalue weighted by molar-refractivity contribution is 5.99. The van der Waals surface area contributed by atoms with Crippen LogP contribution in [0.25, 0.3) is 0 Å². The van der Waals surface area contributed by atoms with Crippen molar-refractivity contribution in [2.24, 2.45) is 11.7 Å². The van der Waals surface area contributed by atoms with Crippen molar-refractivity contribution in [3.8, 4) is 0 Å². The molecule has 1 aromatic rings. The zero-order valence-corrected chi connectivity index (χ0v) is 10.4. The van der Waals surface area contributed by atoms with E-state index in [1.54, 1.807) is 0 Å². The van der Waals surface area contributed by atoms with Crippen LogP contribution < -0.4 is 16.0 Å². The second kappa shape index (κ2) is 4.75. The van der Waals surface area contributed by atoms with E-state index in [1.807, 2.05) is 12.1 Å². The van der Waals surface area contributed by atoms with Gasteiger partial charge in [0.15, 0.2) is 0 Å². The predicted molar refractivity (Wildman–Crippen MR) is 70.3 cm³/mol. The molecule has 4 nitrogen and oxygen atoms in total. The SMILES string of the molecule is CC(CN)CN(C)c1ccc2c(c1)CC(=O)N2. The number of nitrogens with zero attached hydrogens (tertiary/aromatic N) is 1. The first kappa shape index (κ1) is 11.9. The molecule has 0 spiro atoms. The van der Waals surface area contributed by atoms with E-state index in [1.165, 1.54) is 0 Å². The van der Waals surface area contributed by atoms with E-state index in [0.29, 0.717) is 18.9 Å². The monoisotopic (exact) mass is 233 g/mol. The maximum Gasteiger partial charge on any atom is 0.228 e. The fourth-order valence-electron chi connectivity index (χ4n) is 2.10. The van der Waals surface area contributed by atoms with Crippen LogP contribution in [-0.2, 0) is 11.2 Å². The van der Waals surface area contributed by atoms with Gasteiger partial charge in [-0.25, -0.2) is 0 Å². The Morgan fingerprint density at radius 1 is 1.53 bits per heavy atom. The van der Waals surface area contributed by atoms with Gasteiger partial charge in [-0.05, 0) is 36.2 Å². The number of rotatable bonds is 4. The molecular weight excluding hydrogens is 214 g/mol. The summed E-state index contributed by atoms with van der Waals surface area (Å²) in [7, 11) is 2.05. The molecule has 1 unspecified atom stereocenters. The molecule has 1 amide bonds. The van der Waals surface area contributed by atoms with E-state index in [0.717, 1.165) is 23.5 Å². The van der Waals surface area contributed by atoms with E-state index < -0.39 is 0 Å². The van der Waals surface area contributed by atoms with Crippen LogP contribution >= 0.6 is 0 Å². The highest BCUT2D eigenvalue weighted by atomic mass is 16.1. The third-order valence-corrected chi connectivity index (χ3v) is 3.14. The second-order valence-electron chi connectivity index (χ2n) is 4.79. The first-order valence-corrected chi connectivity index (χ1v) is 5.94. The van der Waals surface area contributed by atoms with Crippen LogP contribution in [-0.4, -0.2) is 26.0 Å². The van der Waals surface area contributed by atoms with Crippen molar-refractivity contribution < 1.29 is 4.79 Å². The smallest absolute Gasteiger partial charge is 0.228 e. The molecule has 0 saturated carbocycles. The lowest BCUT2D eigenvalue weighted by Crippen LogP contribution is -2.28. The van der Waals surface area contributed by atoms with Crippen molar-refractivity contribution in [1.29, 1.82) is 0 Å². The summed E-state index contributed by atoms with van der Waals surface area (Å²) in [5.74, 6) is 0.545. The molecule has 0 fully saturated rings. The van der Waals surface area contributed by atoms with Crippen LogP contribution in [0.5, 0.6) is 0 Å². The molecule has 1 aromatic carbocycles. The average molecular weight is 233 g/mol. The van der Waals surface area contributed by atoms with Gasteiger partial charge in [-0.15, -0.1) is 0 Å². The molecule has 1 atom stereocenters. The minimum Gasteiger partial charge on any atom is -0.374 e. The van der Waals surface area contributed by atoms with Crippen molar-refractivity contribution in [3.05, 3.63) is 23.8 Å². The maximum absolute atomic E-state index is 11.3. The van der Waals surface area contributed by atoms with E-state index in [9.17, 15) is 4.79 Å². The molecule has 0 saturated heterocycles. The second-order valence-corrected chi connectivity index (χ2v) is 4.79. The van der Waals surface area contributed by atoms with Crippen LogP contribution in [0, 0.1) is 5.92 Å². The Morgan fingerprint density at radius 2 is 2.29 bits per heavy atom. The minimum absolute atomic E-state index is 0.0788. The molecule has 0 radical (unpaired) electrons. The average Bonchev–Trinajstić information content (AvgIpc) is 2.67. The van der Waals surface area contributed by atoms with Gasteiger partial charge in [-0.3, -0.25) is 4.79 Å². The number of carbonyl (C=O) groups excluding carboxylic acids is 1.